The van der Waals surface area contributed by atoms with Crippen molar-refractivity contribution in [2.75, 3.05) is 13.2 Å². The van der Waals surface area contributed by atoms with Gasteiger partial charge in [0.2, 0.25) is 0 Å². The van der Waals surface area contributed by atoms with Gasteiger partial charge >= 0.3 is 0 Å². The Kier molecular flexibility index (Phi) is 4.35. The second kappa shape index (κ2) is 5.10. The summed E-state index contributed by atoms with van der Waals surface area (Å²) >= 11 is 0. The standard InChI is InChI=1S/C11H23NO2/c1-11(2,6-7-13)8-12-9-4-3-5-10(9)14/h9-10,12-14H,3-8H2,1-2H3/t9-,10-/m1/s1. The van der Waals surface area contributed by atoms with Crippen molar-refractivity contribution >= 4 is 0 Å². The second-order valence-corrected chi connectivity index (χ2v) is 5.12. The van der Waals surface area contributed by atoms with E-state index in [0.717, 1.165) is 32.2 Å². The van der Waals surface area contributed by atoms with Gasteiger partial charge in [-0.2, -0.15) is 0 Å². The Morgan fingerprint density at radius 2 is 2.07 bits per heavy atom. The molecular formula is C11H23NO2. The maximum absolute atomic E-state index is 9.60. The van der Waals surface area contributed by atoms with Gasteiger partial charge in [-0.1, -0.05) is 13.8 Å². The van der Waals surface area contributed by atoms with Gasteiger partial charge in [0.05, 0.1) is 6.10 Å². The van der Waals surface area contributed by atoms with Crippen LogP contribution in [0.4, 0.5) is 0 Å². The van der Waals surface area contributed by atoms with E-state index in [1.807, 2.05) is 0 Å². The lowest BCUT2D eigenvalue weighted by atomic mass is 9.89. The van der Waals surface area contributed by atoms with Crippen molar-refractivity contribution in [1.29, 1.82) is 0 Å². The van der Waals surface area contributed by atoms with Gasteiger partial charge in [-0.25, -0.2) is 0 Å². The van der Waals surface area contributed by atoms with Gasteiger partial charge < -0.3 is 15.5 Å². The predicted octanol–water partition coefficient (Wildman–Crippen LogP) is 0.898. The SMILES string of the molecule is CC(C)(CCO)CN[C@@H]1CCC[C@H]1O. The molecule has 1 rings (SSSR count). The molecule has 84 valence electrons. The van der Waals surface area contributed by atoms with E-state index in [1.54, 1.807) is 0 Å². The molecule has 1 saturated carbocycles. The average Bonchev–Trinajstić information content (AvgIpc) is 2.48. The minimum absolute atomic E-state index is 0.122. The number of hydrogen-bond donors (Lipinski definition) is 3. The molecule has 14 heavy (non-hydrogen) atoms. The van der Waals surface area contributed by atoms with E-state index in [1.165, 1.54) is 0 Å². The first kappa shape index (κ1) is 12.0. The van der Waals surface area contributed by atoms with Gasteiger partial charge in [0.1, 0.15) is 0 Å². The minimum atomic E-state index is -0.167. The third-order valence-electron chi connectivity index (χ3n) is 3.11. The van der Waals surface area contributed by atoms with Crippen molar-refractivity contribution in [2.24, 2.45) is 5.41 Å². The first-order valence-electron chi connectivity index (χ1n) is 5.57. The summed E-state index contributed by atoms with van der Waals surface area (Å²) < 4.78 is 0. The summed E-state index contributed by atoms with van der Waals surface area (Å²) in [6.07, 6.45) is 3.77. The maximum atomic E-state index is 9.60. The van der Waals surface area contributed by atoms with Crippen LogP contribution in [-0.2, 0) is 0 Å². The Balaban J connectivity index is 2.25. The fraction of sp³-hybridized carbons (Fsp3) is 1.00. The molecule has 3 heteroatoms. The summed E-state index contributed by atoms with van der Waals surface area (Å²) in [5.74, 6) is 0. The molecule has 0 saturated heterocycles. The highest BCUT2D eigenvalue weighted by atomic mass is 16.3. The predicted molar refractivity (Wildman–Crippen MR) is 57.1 cm³/mol. The molecule has 0 amide bonds. The minimum Gasteiger partial charge on any atom is -0.396 e. The van der Waals surface area contributed by atoms with Gasteiger partial charge in [0.25, 0.3) is 0 Å². The third-order valence-corrected chi connectivity index (χ3v) is 3.11. The van der Waals surface area contributed by atoms with Crippen molar-refractivity contribution in [3.05, 3.63) is 0 Å². The molecule has 0 aromatic heterocycles. The highest BCUT2D eigenvalue weighted by Crippen LogP contribution is 2.22. The first-order chi connectivity index (χ1) is 6.55. The number of hydrogen-bond acceptors (Lipinski definition) is 3. The molecule has 3 nitrogen and oxygen atoms in total. The fourth-order valence-electron chi connectivity index (χ4n) is 1.98. The highest BCUT2D eigenvalue weighted by Gasteiger charge is 2.26. The molecule has 0 aliphatic heterocycles. The maximum Gasteiger partial charge on any atom is 0.0693 e. The highest BCUT2D eigenvalue weighted by molar-refractivity contribution is 4.84. The lowest BCUT2D eigenvalue weighted by molar-refractivity contribution is 0.136. The van der Waals surface area contributed by atoms with Gasteiger partial charge in [-0.3, -0.25) is 0 Å². The van der Waals surface area contributed by atoms with Crippen molar-refractivity contribution in [2.45, 2.75) is 51.7 Å². The van der Waals surface area contributed by atoms with Gasteiger partial charge in [0.15, 0.2) is 0 Å². The quantitative estimate of drug-likeness (QED) is 0.619. The second-order valence-electron chi connectivity index (χ2n) is 5.12. The van der Waals surface area contributed by atoms with Crippen LogP contribution in [0.1, 0.15) is 39.5 Å². The molecule has 0 aromatic carbocycles. The molecule has 0 heterocycles. The van der Waals surface area contributed by atoms with Crippen LogP contribution in [0.15, 0.2) is 0 Å². The normalized spacial score (nSPS) is 28.3. The monoisotopic (exact) mass is 201 g/mol. The molecule has 1 aliphatic carbocycles. The van der Waals surface area contributed by atoms with Crippen molar-refractivity contribution < 1.29 is 10.2 Å². The number of rotatable bonds is 5. The van der Waals surface area contributed by atoms with Crippen LogP contribution in [0.5, 0.6) is 0 Å². The molecule has 3 N–H and O–H groups in total. The third kappa shape index (κ3) is 3.56. The molecule has 1 fully saturated rings. The molecule has 1 aliphatic rings. The van der Waals surface area contributed by atoms with Gasteiger partial charge in [-0.05, 0) is 31.1 Å². The van der Waals surface area contributed by atoms with Crippen LogP contribution in [0.2, 0.25) is 0 Å². The average molecular weight is 201 g/mol. The van der Waals surface area contributed by atoms with Crippen molar-refractivity contribution in [3.63, 3.8) is 0 Å². The van der Waals surface area contributed by atoms with Gasteiger partial charge in [-0.15, -0.1) is 0 Å². The molecule has 0 spiro atoms. The summed E-state index contributed by atoms with van der Waals surface area (Å²) in [5, 5.41) is 21.9. The first-order valence-corrected chi connectivity index (χ1v) is 5.57. The van der Waals surface area contributed by atoms with Gasteiger partial charge in [0, 0.05) is 19.2 Å². The van der Waals surface area contributed by atoms with E-state index in [9.17, 15) is 5.11 Å². The molecule has 0 aromatic rings. The summed E-state index contributed by atoms with van der Waals surface area (Å²) in [6, 6.07) is 0.271. The molecule has 0 radical (unpaired) electrons. The summed E-state index contributed by atoms with van der Waals surface area (Å²) in [5.41, 5.74) is 0.122. The number of aliphatic hydroxyl groups is 2. The zero-order chi connectivity index (χ0) is 10.6. The summed E-state index contributed by atoms with van der Waals surface area (Å²) in [6.45, 7) is 5.38. The zero-order valence-corrected chi connectivity index (χ0v) is 9.29. The smallest absolute Gasteiger partial charge is 0.0693 e. The van der Waals surface area contributed by atoms with E-state index >= 15 is 0 Å². The van der Waals surface area contributed by atoms with Crippen LogP contribution in [0.3, 0.4) is 0 Å². The Morgan fingerprint density at radius 3 is 2.57 bits per heavy atom. The molecule has 2 atom stereocenters. The topological polar surface area (TPSA) is 52.5 Å². The Bertz CT molecular complexity index is 171. The largest absolute Gasteiger partial charge is 0.396 e. The lowest BCUT2D eigenvalue weighted by Gasteiger charge is -2.27. The number of nitrogens with one attached hydrogen (secondary N) is 1. The Labute approximate surface area is 86.5 Å². The van der Waals surface area contributed by atoms with Crippen molar-refractivity contribution in [3.8, 4) is 0 Å². The van der Waals surface area contributed by atoms with E-state index in [0.29, 0.717) is 0 Å². The van der Waals surface area contributed by atoms with Crippen LogP contribution in [0.25, 0.3) is 0 Å². The van der Waals surface area contributed by atoms with E-state index in [4.69, 9.17) is 5.11 Å². The molecule has 0 bridgehead atoms. The Morgan fingerprint density at radius 1 is 1.36 bits per heavy atom. The van der Waals surface area contributed by atoms with Crippen LogP contribution in [-0.4, -0.2) is 35.5 Å². The zero-order valence-electron chi connectivity index (χ0n) is 9.29. The lowest BCUT2D eigenvalue weighted by Crippen LogP contribution is -2.41. The van der Waals surface area contributed by atoms with Crippen molar-refractivity contribution in [1.82, 2.24) is 5.32 Å². The van der Waals surface area contributed by atoms with Crippen LogP contribution < -0.4 is 5.32 Å². The fourth-order valence-corrected chi connectivity index (χ4v) is 1.98. The number of aliphatic hydroxyl groups excluding tert-OH is 2. The van der Waals surface area contributed by atoms with Crippen LogP contribution >= 0.6 is 0 Å². The van der Waals surface area contributed by atoms with E-state index in [2.05, 4.69) is 19.2 Å². The van der Waals surface area contributed by atoms with Crippen LogP contribution in [0, 0.1) is 5.41 Å². The Hall–Kier alpha value is -0.120. The molecular weight excluding hydrogens is 178 g/mol. The van der Waals surface area contributed by atoms with E-state index in [-0.39, 0.29) is 24.2 Å². The summed E-state index contributed by atoms with van der Waals surface area (Å²) in [7, 11) is 0. The van der Waals surface area contributed by atoms with E-state index < -0.39 is 0 Å². The summed E-state index contributed by atoms with van der Waals surface area (Å²) in [4.78, 5) is 0. The molecule has 0 unspecified atom stereocenters.